The molecule has 28 heavy (non-hydrogen) atoms. The minimum absolute atomic E-state index is 0.0665. The van der Waals surface area contributed by atoms with Gasteiger partial charge in [-0.3, -0.25) is 14.7 Å². The molecule has 0 spiro atoms. The Balaban J connectivity index is 1.83. The second kappa shape index (κ2) is 8.56. The highest BCUT2D eigenvalue weighted by Crippen LogP contribution is 2.39. The fourth-order valence-corrected chi connectivity index (χ4v) is 4.18. The van der Waals surface area contributed by atoms with Crippen LogP contribution in [0.3, 0.4) is 0 Å². The minimum Gasteiger partial charge on any atom is -0.391 e. The minimum atomic E-state index is -0.625. The van der Waals surface area contributed by atoms with Gasteiger partial charge < -0.3 is 15.3 Å². The molecule has 2 aromatic rings. The quantitative estimate of drug-likeness (QED) is 0.685. The van der Waals surface area contributed by atoms with Gasteiger partial charge in [-0.05, 0) is 37.3 Å². The number of rotatable bonds is 5. The van der Waals surface area contributed by atoms with Crippen molar-refractivity contribution in [1.29, 1.82) is 0 Å². The van der Waals surface area contributed by atoms with Gasteiger partial charge >= 0.3 is 0 Å². The number of likely N-dealkylation sites (N-methyl/N-ethyl adjacent to an activating group) is 1. The number of carbonyl (C=O) groups is 2. The van der Waals surface area contributed by atoms with Crippen molar-refractivity contribution in [3.05, 3.63) is 53.9 Å². The van der Waals surface area contributed by atoms with Crippen LogP contribution in [0.1, 0.15) is 48.7 Å². The highest BCUT2D eigenvalue weighted by atomic mass is 16.3. The summed E-state index contributed by atoms with van der Waals surface area (Å²) in [5.41, 5.74) is 1.30. The first-order valence-electron chi connectivity index (χ1n) is 9.67. The number of amides is 2. The van der Waals surface area contributed by atoms with E-state index in [1.165, 1.54) is 6.92 Å². The van der Waals surface area contributed by atoms with Crippen molar-refractivity contribution in [1.82, 2.24) is 20.4 Å². The Labute approximate surface area is 165 Å². The third-order valence-electron chi connectivity index (χ3n) is 5.89. The van der Waals surface area contributed by atoms with E-state index in [4.69, 9.17) is 0 Å². The molecule has 0 bridgehead atoms. The van der Waals surface area contributed by atoms with Crippen LogP contribution >= 0.6 is 0 Å². The molecule has 3 atom stereocenters. The van der Waals surface area contributed by atoms with E-state index in [1.54, 1.807) is 24.2 Å². The molecule has 1 fully saturated rings. The van der Waals surface area contributed by atoms with Gasteiger partial charge in [-0.25, -0.2) is 0 Å². The highest BCUT2D eigenvalue weighted by molar-refractivity contribution is 5.92. The molecular formula is C21H28N4O3. The molecule has 1 aliphatic rings. The van der Waals surface area contributed by atoms with Crippen LogP contribution in [0.15, 0.2) is 42.6 Å². The fraction of sp³-hybridized carbons (Fsp3) is 0.476. The van der Waals surface area contributed by atoms with E-state index in [0.717, 1.165) is 18.4 Å². The van der Waals surface area contributed by atoms with Crippen LogP contribution in [0, 0.1) is 0 Å². The van der Waals surface area contributed by atoms with Gasteiger partial charge in [0.2, 0.25) is 5.91 Å². The van der Waals surface area contributed by atoms with Gasteiger partial charge in [0.1, 0.15) is 5.69 Å². The van der Waals surface area contributed by atoms with Crippen molar-refractivity contribution in [3.8, 4) is 0 Å². The molecule has 2 amide bonds. The van der Waals surface area contributed by atoms with E-state index >= 15 is 0 Å². The van der Waals surface area contributed by atoms with Crippen molar-refractivity contribution < 1.29 is 14.7 Å². The predicted octanol–water partition coefficient (Wildman–Crippen LogP) is 1.86. The molecule has 3 N–H and O–H groups in total. The lowest BCUT2D eigenvalue weighted by Crippen LogP contribution is -2.44. The van der Waals surface area contributed by atoms with E-state index in [9.17, 15) is 14.7 Å². The number of carbonyl (C=O) groups excluding carboxylic acids is 2. The topological polar surface area (TPSA) is 98.3 Å². The number of aromatic amines is 1. The van der Waals surface area contributed by atoms with E-state index in [2.05, 4.69) is 27.6 Å². The summed E-state index contributed by atoms with van der Waals surface area (Å²) in [6, 6.07) is 11.5. The summed E-state index contributed by atoms with van der Waals surface area (Å²) in [6.45, 7) is 2.04. The van der Waals surface area contributed by atoms with Crippen LogP contribution in [0.5, 0.6) is 0 Å². The first-order chi connectivity index (χ1) is 13.4. The first kappa shape index (κ1) is 20.1. The van der Waals surface area contributed by atoms with E-state index in [0.29, 0.717) is 25.1 Å². The second-order valence-electron chi connectivity index (χ2n) is 7.65. The third kappa shape index (κ3) is 4.25. The predicted molar refractivity (Wildman–Crippen MR) is 106 cm³/mol. The average molecular weight is 384 g/mol. The summed E-state index contributed by atoms with van der Waals surface area (Å²) in [4.78, 5) is 25.9. The zero-order valence-electron chi connectivity index (χ0n) is 16.4. The number of H-pyrrole nitrogens is 1. The van der Waals surface area contributed by atoms with Crippen molar-refractivity contribution in [2.75, 3.05) is 13.6 Å². The molecule has 0 radical (unpaired) electrons. The highest BCUT2D eigenvalue weighted by Gasteiger charge is 2.40. The van der Waals surface area contributed by atoms with Crippen LogP contribution in [-0.2, 0) is 10.2 Å². The number of hydrogen-bond acceptors (Lipinski definition) is 4. The van der Waals surface area contributed by atoms with Crippen LogP contribution in [0.2, 0.25) is 0 Å². The van der Waals surface area contributed by atoms with E-state index in [1.807, 2.05) is 18.2 Å². The van der Waals surface area contributed by atoms with Gasteiger partial charge in [-0.1, -0.05) is 30.3 Å². The number of nitrogens with one attached hydrogen (secondary N) is 2. The summed E-state index contributed by atoms with van der Waals surface area (Å²) in [5, 5.41) is 20.3. The van der Waals surface area contributed by atoms with Gasteiger partial charge in [0.05, 0.1) is 12.1 Å². The Morgan fingerprint density at radius 3 is 2.61 bits per heavy atom. The lowest BCUT2D eigenvalue weighted by Gasteiger charge is -2.34. The van der Waals surface area contributed by atoms with Crippen molar-refractivity contribution >= 4 is 11.8 Å². The standard InChI is InChI=1S/C21H28N4O3/c1-15(26)22-14-21(16-6-4-3-5-7-16)11-8-18(19(27)9-12-21)25(2)20(28)17-10-13-23-24-17/h3-7,10,13,18-19,27H,8-9,11-12,14H2,1-2H3,(H,22,26)(H,23,24)/t18-,19-,21-/m1/s1. The lowest BCUT2D eigenvalue weighted by molar-refractivity contribution is -0.119. The Morgan fingerprint density at radius 2 is 1.96 bits per heavy atom. The molecule has 150 valence electrons. The van der Waals surface area contributed by atoms with Crippen LogP contribution in [-0.4, -0.2) is 57.8 Å². The third-order valence-corrected chi connectivity index (χ3v) is 5.89. The molecule has 1 heterocycles. The van der Waals surface area contributed by atoms with Crippen LogP contribution < -0.4 is 5.32 Å². The smallest absolute Gasteiger partial charge is 0.271 e. The van der Waals surface area contributed by atoms with Crippen LogP contribution in [0.25, 0.3) is 0 Å². The van der Waals surface area contributed by atoms with Crippen molar-refractivity contribution in [2.24, 2.45) is 0 Å². The molecule has 0 saturated heterocycles. The van der Waals surface area contributed by atoms with E-state index < -0.39 is 6.10 Å². The normalized spacial score (nSPS) is 25.0. The van der Waals surface area contributed by atoms with Crippen molar-refractivity contribution in [2.45, 2.75) is 50.2 Å². The van der Waals surface area contributed by atoms with Gasteiger partial charge in [-0.15, -0.1) is 0 Å². The number of nitrogens with zero attached hydrogens (tertiary/aromatic N) is 2. The molecular weight excluding hydrogens is 356 g/mol. The maximum Gasteiger partial charge on any atom is 0.271 e. The lowest BCUT2D eigenvalue weighted by atomic mass is 9.74. The molecule has 1 aromatic heterocycles. The fourth-order valence-electron chi connectivity index (χ4n) is 4.18. The molecule has 7 nitrogen and oxygen atoms in total. The molecule has 1 aromatic carbocycles. The summed E-state index contributed by atoms with van der Waals surface area (Å²) in [6.07, 6.45) is 3.62. The van der Waals surface area contributed by atoms with Gasteiger partial charge in [0, 0.05) is 32.1 Å². The number of hydrogen-bond donors (Lipinski definition) is 3. The number of benzene rings is 1. The zero-order valence-corrected chi connectivity index (χ0v) is 16.4. The Morgan fingerprint density at radius 1 is 1.25 bits per heavy atom. The van der Waals surface area contributed by atoms with Gasteiger partial charge in [-0.2, -0.15) is 5.10 Å². The molecule has 1 aliphatic carbocycles. The summed E-state index contributed by atoms with van der Waals surface area (Å²) < 4.78 is 0. The van der Waals surface area contributed by atoms with E-state index in [-0.39, 0.29) is 23.3 Å². The average Bonchev–Trinajstić information content (AvgIpc) is 3.18. The maximum absolute atomic E-state index is 12.7. The summed E-state index contributed by atoms with van der Waals surface area (Å²) >= 11 is 0. The zero-order chi connectivity index (χ0) is 20.1. The number of aliphatic hydroxyl groups is 1. The first-order valence-corrected chi connectivity index (χ1v) is 9.67. The molecule has 7 heteroatoms. The molecule has 1 saturated carbocycles. The largest absolute Gasteiger partial charge is 0.391 e. The Hall–Kier alpha value is -2.67. The SMILES string of the molecule is CC(=O)NC[C@]1(c2ccccc2)CC[C@@H](O)[C@H](N(C)C(=O)c2ccn[nH]2)CC1. The summed E-state index contributed by atoms with van der Waals surface area (Å²) in [5.74, 6) is -0.251. The van der Waals surface area contributed by atoms with Crippen LogP contribution in [0.4, 0.5) is 0 Å². The molecule has 0 unspecified atom stereocenters. The molecule has 3 rings (SSSR count). The maximum atomic E-state index is 12.7. The summed E-state index contributed by atoms with van der Waals surface area (Å²) in [7, 11) is 1.72. The Kier molecular flexibility index (Phi) is 6.14. The van der Waals surface area contributed by atoms with Crippen molar-refractivity contribution in [3.63, 3.8) is 0 Å². The Bertz CT molecular complexity index is 793. The second-order valence-corrected chi connectivity index (χ2v) is 7.65. The van der Waals surface area contributed by atoms with Gasteiger partial charge in [0.25, 0.3) is 5.91 Å². The van der Waals surface area contributed by atoms with Gasteiger partial charge in [0.15, 0.2) is 0 Å². The number of aliphatic hydroxyl groups excluding tert-OH is 1. The molecule has 0 aliphatic heterocycles. The number of aromatic nitrogens is 2. The monoisotopic (exact) mass is 384 g/mol.